The first-order chi connectivity index (χ1) is 11.6. The van der Waals surface area contributed by atoms with E-state index in [-0.39, 0.29) is 5.91 Å². The van der Waals surface area contributed by atoms with Crippen LogP contribution in [0, 0.1) is 0 Å². The molecule has 130 valence electrons. The number of carbonyl (C=O) groups is 1. The molecular formula is C16H21N3O5. The number of amides is 1. The number of aryl methyl sites for hydroxylation is 1. The van der Waals surface area contributed by atoms with Gasteiger partial charge in [-0.25, -0.2) is 0 Å². The summed E-state index contributed by atoms with van der Waals surface area (Å²) in [6, 6.07) is 3.50. The maximum Gasteiger partial charge on any atom is 0.226 e. The smallest absolute Gasteiger partial charge is 0.226 e. The van der Waals surface area contributed by atoms with Crippen LogP contribution in [0.3, 0.4) is 0 Å². The van der Waals surface area contributed by atoms with Gasteiger partial charge in [0.1, 0.15) is 0 Å². The van der Waals surface area contributed by atoms with Crippen LogP contribution in [-0.4, -0.2) is 44.4 Å². The molecule has 0 spiro atoms. The fraction of sp³-hybridized carbons (Fsp3) is 0.438. The van der Waals surface area contributed by atoms with E-state index in [9.17, 15) is 4.79 Å². The monoisotopic (exact) mass is 335 g/mol. The molecule has 24 heavy (non-hydrogen) atoms. The SMILES string of the molecule is CNC(=O)CCCc1nc(-c2cc(OC)c(OC)c(OC)c2)no1. The van der Waals surface area contributed by atoms with Crippen molar-refractivity contribution >= 4 is 5.91 Å². The molecule has 0 unspecified atom stereocenters. The first-order valence-corrected chi connectivity index (χ1v) is 7.46. The third kappa shape index (κ3) is 3.95. The largest absolute Gasteiger partial charge is 0.493 e. The van der Waals surface area contributed by atoms with Crippen molar-refractivity contribution in [3.63, 3.8) is 0 Å². The standard InChI is InChI=1S/C16H21N3O5/c1-17-13(20)6-5-7-14-18-16(19-24-14)10-8-11(21-2)15(23-4)12(9-10)22-3/h8-9H,5-7H2,1-4H3,(H,17,20). The van der Waals surface area contributed by atoms with Crippen LogP contribution >= 0.6 is 0 Å². The summed E-state index contributed by atoms with van der Waals surface area (Å²) in [7, 11) is 6.24. The summed E-state index contributed by atoms with van der Waals surface area (Å²) in [6.07, 6.45) is 1.58. The van der Waals surface area contributed by atoms with E-state index >= 15 is 0 Å². The number of hydrogen-bond donors (Lipinski definition) is 1. The average molecular weight is 335 g/mol. The van der Waals surface area contributed by atoms with Crippen LogP contribution < -0.4 is 19.5 Å². The zero-order chi connectivity index (χ0) is 17.5. The van der Waals surface area contributed by atoms with Gasteiger partial charge in [0, 0.05) is 25.5 Å². The molecule has 8 nitrogen and oxygen atoms in total. The maximum atomic E-state index is 11.2. The molecule has 0 fully saturated rings. The second-order valence-corrected chi connectivity index (χ2v) is 4.95. The Morgan fingerprint density at radius 2 is 1.83 bits per heavy atom. The van der Waals surface area contributed by atoms with E-state index in [1.807, 2.05) is 0 Å². The van der Waals surface area contributed by atoms with Crippen LogP contribution in [0.25, 0.3) is 11.4 Å². The highest BCUT2D eigenvalue weighted by Gasteiger charge is 2.17. The van der Waals surface area contributed by atoms with E-state index in [0.717, 1.165) is 0 Å². The Labute approximate surface area is 140 Å². The summed E-state index contributed by atoms with van der Waals surface area (Å²) >= 11 is 0. The summed E-state index contributed by atoms with van der Waals surface area (Å²) in [5.74, 6) is 2.40. The van der Waals surface area contributed by atoms with Gasteiger partial charge >= 0.3 is 0 Å². The molecule has 1 N–H and O–H groups in total. The average Bonchev–Trinajstić information content (AvgIpc) is 3.08. The number of ether oxygens (including phenoxy) is 3. The molecule has 8 heteroatoms. The lowest BCUT2D eigenvalue weighted by Crippen LogP contribution is -2.17. The van der Waals surface area contributed by atoms with Gasteiger partial charge in [-0.15, -0.1) is 0 Å². The van der Waals surface area contributed by atoms with Crippen LogP contribution in [0.1, 0.15) is 18.7 Å². The minimum Gasteiger partial charge on any atom is -0.493 e. The van der Waals surface area contributed by atoms with E-state index in [0.29, 0.717) is 53.8 Å². The topological polar surface area (TPSA) is 95.7 Å². The van der Waals surface area contributed by atoms with Crippen LogP contribution in [0.5, 0.6) is 17.2 Å². The molecule has 0 atom stereocenters. The highest BCUT2D eigenvalue weighted by molar-refractivity contribution is 5.75. The van der Waals surface area contributed by atoms with Gasteiger partial charge in [0.15, 0.2) is 11.5 Å². The Morgan fingerprint density at radius 3 is 2.38 bits per heavy atom. The third-order valence-electron chi connectivity index (χ3n) is 3.46. The number of nitrogens with one attached hydrogen (secondary N) is 1. The number of rotatable bonds is 8. The molecule has 0 bridgehead atoms. The first-order valence-electron chi connectivity index (χ1n) is 7.46. The van der Waals surface area contributed by atoms with E-state index in [2.05, 4.69) is 15.5 Å². The zero-order valence-electron chi connectivity index (χ0n) is 14.2. The minimum absolute atomic E-state index is 0.0145. The molecule has 2 rings (SSSR count). The minimum atomic E-state index is -0.0145. The number of nitrogens with zero attached hydrogens (tertiary/aromatic N) is 2. The van der Waals surface area contributed by atoms with Gasteiger partial charge in [-0.05, 0) is 18.6 Å². The van der Waals surface area contributed by atoms with Crippen LogP contribution in [-0.2, 0) is 11.2 Å². The Balaban J connectivity index is 2.18. The summed E-state index contributed by atoms with van der Waals surface area (Å²) in [5, 5.41) is 6.55. The molecule has 0 radical (unpaired) electrons. The molecule has 2 aromatic rings. The fourth-order valence-electron chi connectivity index (χ4n) is 2.21. The van der Waals surface area contributed by atoms with Crippen molar-refractivity contribution in [2.75, 3.05) is 28.4 Å². The summed E-state index contributed by atoms with van der Waals surface area (Å²) in [4.78, 5) is 15.6. The second-order valence-electron chi connectivity index (χ2n) is 4.95. The Kier molecular flexibility index (Phi) is 6.00. The maximum absolute atomic E-state index is 11.2. The Hall–Kier alpha value is -2.77. The lowest BCUT2D eigenvalue weighted by Gasteiger charge is -2.12. The van der Waals surface area contributed by atoms with Crippen LogP contribution in [0.4, 0.5) is 0 Å². The fourth-order valence-corrected chi connectivity index (χ4v) is 2.21. The zero-order valence-corrected chi connectivity index (χ0v) is 14.2. The van der Waals surface area contributed by atoms with E-state index in [1.54, 1.807) is 40.5 Å². The predicted octanol–water partition coefficient (Wildman–Crippen LogP) is 1.83. The molecular weight excluding hydrogens is 314 g/mol. The van der Waals surface area contributed by atoms with Crippen molar-refractivity contribution in [2.24, 2.45) is 0 Å². The van der Waals surface area contributed by atoms with Gasteiger partial charge < -0.3 is 24.1 Å². The Morgan fingerprint density at radius 1 is 1.17 bits per heavy atom. The molecule has 1 amide bonds. The van der Waals surface area contributed by atoms with Gasteiger partial charge in [-0.1, -0.05) is 5.16 Å². The van der Waals surface area contributed by atoms with Crippen LogP contribution in [0.15, 0.2) is 16.7 Å². The summed E-state index contributed by atoms with van der Waals surface area (Å²) in [6.45, 7) is 0. The van der Waals surface area contributed by atoms with Gasteiger partial charge in [-0.2, -0.15) is 4.98 Å². The number of hydrogen-bond acceptors (Lipinski definition) is 7. The lowest BCUT2D eigenvalue weighted by molar-refractivity contribution is -0.120. The van der Waals surface area contributed by atoms with Gasteiger partial charge in [-0.3, -0.25) is 4.79 Å². The number of benzene rings is 1. The number of methoxy groups -OCH3 is 3. The molecule has 0 aliphatic carbocycles. The van der Waals surface area contributed by atoms with E-state index < -0.39 is 0 Å². The van der Waals surface area contributed by atoms with Gasteiger partial charge in [0.2, 0.25) is 23.4 Å². The number of aromatic nitrogens is 2. The normalized spacial score (nSPS) is 10.3. The summed E-state index contributed by atoms with van der Waals surface area (Å²) in [5.41, 5.74) is 0.686. The molecule has 0 aliphatic heterocycles. The van der Waals surface area contributed by atoms with Gasteiger partial charge in [0.05, 0.1) is 21.3 Å². The lowest BCUT2D eigenvalue weighted by atomic mass is 10.1. The summed E-state index contributed by atoms with van der Waals surface area (Å²) < 4.78 is 21.2. The number of carbonyl (C=O) groups excluding carboxylic acids is 1. The highest BCUT2D eigenvalue weighted by Crippen LogP contribution is 2.40. The van der Waals surface area contributed by atoms with Crippen molar-refractivity contribution in [1.82, 2.24) is 15.5 Å². The molecule has 1 aromatic carbocycles. The molecule has 1 heterocycles. The Bertz CT molecular complexity index is 674. The third-order valence-corrected chi connectivity index (χ3v) is 3.46. The molecule has 0 saturated carbocycles. The van der Waals surface area contributed by atoms with Crippen molar-refractivity contribution in [2.45, 2.75) is 19.3 Å². The quantitative estimate of drug-likeness (QED) is 0.786. The first kappa shape index (κ1) is 17.6. The van der Waals surface area contributed by atoms with Crippen molar-refractivity contribution in [3.8, 4) is 28.6 Å². The van der Waals surface area contributed by atoms with E-state index in [1.165, 1.54) is 0 Å². The molecule has 0 aliphatic rings. The van der Waals surface area contributed by atoms with Crippen molar-refractivity contribution in [1.29, 1.82) is 0 Å². The highest BCUT2D eigenvalue weighted by atomic mass is 16.5. The van der Waals surface area contributed by atoms with E-state index in [4.69, 9.17) is 18.7 Å². The second kappa shape index (κ2) is 8.19. The van der Waals surface area contributed by atoms with Crippen molar-refractivity contribution in [3.05, 3.63) is 18.0 Å². The predicted molar refractivity (Wildman–Crippen MR) is 86.4 cm³/mol. The van der Waals surface area contributed by atoms with Gasteiger partial charge in [0.25, 0.3) is 0 Å². The van der Waals surface area contributed by atoms with Crippen molar-refractivity contribution < 1.29 is 23.5 Å². The molecule has 0 saturated heterocycles. The van der Waals surface area contributed by atoms with Crippen LogP contribution in [0.2, 0.25) is 0 Å². The molecule has 1 aromatic heterocycles.